The number of alkyl halides is 2. The summed E-state index contributed by atoms with van der Waals surface area (Å²) in [7, 11) is 0. The average Bonchev–Trinajstić information content (AvgIpc) is 2.81. The van der Waals surface area contributed by atoms with E-state index in [2.05, 4.69) is 14.9 Å². The molecule has 0 bridgehead atoms. The number of hydrogen-bond donors (Lipinski definition) is 1. The minimum Gasteiger partial charge on any atom is -0.490 e. The van der Waals surface area contributed by atoms with Gasteiger partial charge in [0.1, 0.15) is 0 Å². The first-order valence-electron chi connectivity index (χ1n) is 6.44. The average molecular weight is 315 g/mol. The molecule has 2 aromatic rings. The van der Waals surface area contributed by atoms with Gasteiger partial charge in [-0.25, -0.2) is 0 Å². The molecule has 21 heavy (non-hydrogen) atoms. The molecule has 114 valence electrons. The van der Waals surface area contributed by atoms with Gasteiger partial charge >= 0.3 is 6.61 Å². The van der Waals surface area contributed by atoms with E-state index in [-0.39, 0.29) is 11.5 Å². The Bertz CT molecular complexity index is 670. The van der Waals surface area contributed by atoms with Crippen LogP contribution in [-0.4, -0.2) is 28.0 Å². The second-order valence-electron chi connectivity index (χ2n) is 4.07. The summed E-state index contributed by atoms with van der Waals surface area (Å²) >= 11 is 5.13. The number of nitrogens with zero attached hydrogens (tertiary/aromatic N) is 2. The first-order chi connectivity index (χ1) is 10.1. The minimum atomic E-state index is -2.90. The number of ether oxygens (including phenoxy) is 2. The summed E-state index contributed by atoms with van der Waals surface area (Å²) in [6.07, 6.45) is 0. The van der Waals surface area contributed by atoms with Crippen LogP contribution in [0, 0.1) is 4.77 Å². The quantitative estimate of drug-likeness (QED) is 0.827. The Labute approximate surface area is 125 Å². The van der Waals surface area contributed by atoms with Crippen molar-refractivity contribution in [3.8, 4) is 22.9 Å². The molecule has 0 unspecified atom stereocenters. The first-order valence-corrected chi connectivity index (χ1v) is 6.84. The number of nitrogens with one attached hydrogen (secondary N) is 1. The fourth-order valence-corrected chi connectivity index (χ4v) is 2.20. The summed E-state index contributed by atoms with van der Waals surface area (Å²) in [6, 6.07) is 4.68. The highest BCUT2D eigenvalue weighted by Crippen LogP contribution is 2.33. The summed E-state index contributed by atoms with van der Waals surface area (Å²) in [6.45, 7) is 1.78. The fraction of sp³-hybridized carbons (Fsp3) is 0.385. The van der Waals surface area contributed by atoms with E-state index in [1.54, 1.807) is 23.6 Å². The lowest BCUT2D eigenvalue weighted by atomic mass is 10.2. The van der Waals surface area contributed by atoms with Crippen LogP contribution in [0.25, 0.3) is 11.4 Å². The van der Waals surface area contributed by atoms with E-state index in [1.165, 1.54) is 6.07 Å². The lowest BCUT2D eigenvalue weighted by molar-refractivity contribution is -0.0514. The molecule has 1 aromatic carbocycles. The molecule has 0 radical (unpaired) electrons. The van der Waals surface area contributed by atoms with E-state index in [0.29, 0.717) is 29.3 Å². The molecule has 1 heterocycles. The molecule has 1 aromatic heterocycles. The lowest BCUT2D eigenvalue weighted by Gasteiger charge is -2.12. The number of hydrogen-bond acceptors (Lipinski definition) is 4. The number of aromatic amines is 1. The molecule has 0 aliphatic rings. The number of H-pyrrole nitrogens is 1. The van der Waals surface area contributed by atoms with E-state index < -0.39 is 6.61 Å². The maximum absolute atomic E-state index is 12.4. The van der Waals surface area contributed by atoms with Crippen molar-refractivity contribution in [1.29, 1.82) is 0 Å². The SMILES string of the molecule is CCOc1cc(-c2n[nH]c(=S)n2CC)ccc1OC(F)F. The summed E-state index contributed by atoms with van der Waals surface area (Å²) in [5, 5.41) is 6.86. The molecule has 8 heteroatoms. The largest absolute Gasteiger partial charge is 0.490 e. The van der Waals surface area contributed by atoms with Crippen molar-refractivity contribution in [1.82, 2.24) is 14.8 Å². The maximum Gasteiger partial charge on any atom is 0.387 e. The fourth-order valence-electron chi connectivity index (χ4n) is 1.94. The zero-order chi connectivity index (χ0) is 15.4. The Morgan fingerprint density at radius 3 is 2.71 bits per heavy atom. The molecule has 0 aliphatic carbocycles. The predicted octanol–water partition coefficient (Wildman–Crippen LogP) is 3.63. The Morgan fingerprint density at radius 2 is 2.10 bits per heavy atom. The van der Waals surface area contributed by atoms with Crippen molar-refractivity contribution in [2.45, 2.75) is 27.0 Å². The molecule has 5 nitrogen and oxygen atoms in total. The Kier molecular flexibility index (Phi) is 4.89. The highest BCUT2D eigenvalue weighted by molar-refractivity contribution is 7.71. The van der Waals surface area contributed by atoms with Gasteiger partial charge in [-0.2, -0.15) is 13.9 Å². The van der Waals surface area contributed by atoms with Gasteiger partial charge in [0.05, 0.1) is 6.61 Å². The predicted molar refractivity (Wildman–Crippen MR) is 76.3 cm³/mol. The number of rotatable bonds is 6. The van der Waals surface area contributed by atoms with Crippen LogP contribution in [0.3, 0.4) is 0 Å². The number of aromatic nitrogens is 3. The van der Waals surface area contributed by atoms with Gasteiger partial charge in [0.2, 0.25) is 0 Å². The monoisotopic (exact) mass is 315 g/mol. The second kappa shape index (κ2) is 6.66. The molecule has 0 atom stereocenters. The van der Waals surface area contributed by atoms with Crippen LogP contribution >= 0.6 is 12.2 Å². The summed E-state index contributed by atoms with van der Waals surface area (Å²) in [5.41, 5.74) is 0.703. The smallest absolute Gasteiger partial charge is 0.387 e. The molecule has 0 aliphatic heterocycles. The van der Waals surface area contributed by atoms with Crippen LogP contribution in [0.15, 0.2) is 18.2 Å². The van der Waals surface area contributed by atoms with E-state index in [1.807, 2.05) is 6.92 Å². The van der Waals surface area contributed by atoms with Crippen LogP contribution < -0.4 is 9.47 Å². The zero-order valence-electron chi connectivity index (χ0n) is 11.6. The molecule has 2 rings (SSSR count). The van der Waals surface area contributed by atoms with Crippen molar-refractivity contribution in [2.24, 2.45) is 0 Å². The lowest BCUT2D eigenvalue weighted by Crippen LogP contribution is -2.05. The van der Waals surface area contributed by atoms with Gasteiger partial charge in [0.25, 0.3) is 0 Å². The summed E-state index contributed by atoms with van der Waals surface area (Å²) in [5.74, 6) is 0.853. The number of benzene rings is 1. The van der Waals surface area contributed by atoms with Crippen molar-refractivity contribution in [3.63, 3.8) is 0 Å². The van der Waals surface area contributed by atoms with Crippen molar-refractivity contribution < 1.29 is 18.3 Å². The Morgan fingerprint density at radius 1 is 1.33 bits per heavy atom. The molecular weight excluding hydrogens is 300 g/mol. The van der Waals surface area contributed by atoms with Gasteiger partial charge in [-0.15, -0.1) is 0 Å². The highest BCUT2D eigenvalue weighted by Gasteiger charge is 2.14. The Hall–Kier alpha value is -1.96. The third-order valence-corrected chi connectivity index (χ3v) is 3.10. The molecule has 0 fully saturated rings. The molecule has 0 spiro atoms. The van der Waals surface area contributed by atoms with Gasteiger partial charge in [-0.3, -0.25) is 5.10 Å². The van der Waals surface area contributed by atoms with Gasteiger partial charge in [-0.05, 0) is 44.3 Å². The minimum absolute atomic E-state index is 0.00668. The van der Waals surface area contributed by atoms with Crippen LogP contribution in [0.5, 0.6) is 11.5 Å². The third kappa shape index (κ3) is 3.38. The summed E-state index contributed by atoms with van der Waals surface area (Å²) in [4.78, 5) is 0. The van der Waals surface area contributed by atoms with Gasteiger partial charge < -0.3 is 14.0 Å². The summed E-state index contributed by atoms with van der Waals surface area (Å²) < 4.78 is 36.8. The van der Waals surface area contributed by atoms with Crippen LogP contribution in [0.4, 0.5) is 8.78 Å². The molecule has 0 saturated heterocycles. The van der Waals surface area contributed by atoms with Crippen LogP contribution in [-0.2, 0) is 6.54 Å². The van der Waals surface area contributed by atoms with E-state index >= 15 is 0 Å². The van der Waals surface area contributed by atoms with Gasteiger partial charge in [-0.1, -0.05) is 0 Å². The molecular formula is C13H15F2N3O2S. The topological polar surface area (TPSA) is 52.1 Å². The molecule has 1 N–H and O–H groups in total. The van der Waals surface area contributed by atoms with Gasteiger partial charge in [0.15, 0.2) is 22.1 Å². The van der Waals surface area contributed by atoms with Gasteiger partial charge in [0, 0.05) is 12.1 Å². The van der Waals surface area contributed by atoms with E-state index in [0.717, 1.165) is 0 Å². The first kappa shape index (κ1) is 15.4. The highest BCUT2D eigenvalue weighted by atomic mass is 32.1. The molecule has 0 amide bonds. The maximum atomic E-state index is 12.4. The van der Waals surface area contributed by atoms with Crippen molar-refractivity contribution >= 4 is 12.2 Å². The zero-order valence-corrected chi connectivity index (χ0v) is 12.4. The van der Waals surface area contributed by atoms with Crippen molar-refractivity contribution in [2.75, 3.05) is 6.61 Å². The molecule has 0 saturated carbocycles. The van der Waals surface area contributed by atoms with E-state index in [4.69, 9.17) is 17.0 Å². The third-order valence-electron chi connectivity index (χ3n) is 2.79. The van der Waals surface area contributed by atoms with Crippen LogP contribution in [0.2, 0.25) is 0 Å². The van der Waals surface area contributed by atoms with Crippen molar-refractivity contribution in [3.05, 3.63) is 23.0 Å². The van der Waals surface area contributed by atoms with E-state index in [9.17, 15) is 8.78 Å². The standard InChI is InChI=1S/C13H15F2N3O2S/c1-3-18-11(16-17-13(18)21)8-5-6-9(20-12(14)15)10(7-8)19-4-2/h5-7,12H,3-4H2,1-2H3,(H,17,21). The second-order valence-corrected chi connectivity index (χ2v) is 4.46. The van der Waals surface area contributed by atoms with Crippen LogP contribution in [0.1, 0.15) is 13.8 Å². The Balaban J connectivity index is 2.45. The number of halogens is 2. The normalized spacial score (nSPS) is 10.9.